The highest BCUT2D eigenvalue weighted by Gasteiger charge is 2.07. The van der Waals surface area contributed by atoms with Crippen molar-refractivity contribution >= 4 is 5.97 Å². The first-order valence-corrected chi connectivity index (χ1v) is 2.92. The quantitative estimate of drug-likeness (QED) is 0.393. The SMILES string of the molecule is COC(=O)C(N)C=CCN. The molecule has 58 valence electrons. The standard InChI is InChI=1S/C6H12N2O2/c1-10-6(9)5(8)3-2-4-7/h2-3,5H,4,7-8H2,1H3. The van der Waals surface area contributed by atoms with E-state index in [-0.39, 0.29) is 0 Å². The molecule has 0 aromatic carbocycles. The summed E-state index contributed by atoms with van der Waals surface area (Å²) in [4.78, 5) is 10.6. The second kappa shape index (κ2) is 4.96. The van der Waals surface area contributed by atoms with Gasteiger partial charge in [0.25, 0.3) is 0 Å². The van der Waals surface area contributed by atoms with Gasteiger partial charge in [0, 0.05) is 6.54 Å². The van der Waals surface area contributed by atoms with Crippen molar-refractivity contribution in [3.05, 3.63) is 12.2 Å². The van der Waals surface area contributed by atoms with Crippen molar-refractivity contribution in [3.63, 3.8) is 0 Å². The van der Waals surface area contributed by atoms with Gasteiger partial charge in [-0.1, -0.05) is 12.2 Å². The molecule has 0 saturated carbocycles. The van der Waals surface area contributed by atoms with Gasteiger partial charge >= 0.3 is 5.97 Å². The molecule has 0 bridgehead atoms. The number of methoxy groups -OCH3 is 1. The predicted molar refractivity (Wildman–Crippen MR) is 38.2 cm³/mol. The van der Waals surface area contributed by atoms with Gasteiger partial charge in [0.05, 0.1) is 7.11 Å². The molecule has 0 aliphatic rings. The van der Waals surface area contributed by atoms with Crippen molar-refractivity contribution in [2.75, 3.05) is 13.7 Å². The van der Waals surface area contributed by atoms with Crippen LogP contribution in [0.25, 0.3) is 0 Å². The highest BCUT2D eigenvalue weighted by molar-refractivity contribution is 5.77. The van der Waals surface area contributed by atoms with Crippen molar-refractivity contribution in [2.45, 2.75) is 6.04 Å². The van der Waals surface area contributed by atoms with Crippen LogP contribution in [-0.4, -0.2) is 25.7 Å². The maximum atomic E-state index is 10.6. The van der Waals surface area contributed by atoms with Gasteiger partial charge < -0.3 is 16.2 Å². The fourth-order valence-corrected chi connectivity index (χ4v) is 0.440. The Kier molecular flexibility index (Phi) is 4.53. The van der Waals surface area contributed by atoms with Crippen molar-refractivity contribution in [2.24, 2.45) is 11.5 Å². The topological polar surface area (TPSA) is 78.3 Å². The van der Waals surface area contributed by atoms with E-state index >= 15 is 0 Å². The largest absolute Gasteiger partial charge is 0.468 e. The van der Waals surface area contributed by atoms with Gasteiger partial charge in [0.2, 0.25) is 0 Å². The minimum absolute atomic E-state index is 0.380. The Morgan fingerprint density at radius 2 is 2.40 bits per heavy atom. The van der Waals surface area contributed by atoms with Crippen LogP contribution in [0.2, 0.25) is 0 Å². The molecule has 0 saturated heterocycles. The van der Waals surface area contributed by atoms with Crippen LogP contribution < -0.4 is 11.5 Å². The zero-order valence-corrected chi connectivity index (χ0v) is 5.91. The summed E-state index contributed by atoms with van der Waals surface area (Å²) in [5.41, 5.74) is 10.4. The average molecular weight is 144 g/mol. The second-order valence-corrected chi connectivity index (χ2v) is 1.71. The summed E-state index contributed by atoms with van der Waals surface area (Å²) in [5, 5.41) is 0. The number of ether oxygens (including phenoxy) is 1. The lowest BCUT2D eigenvalue weighted by Gasteiger charge is -2.01. The molecule has 4 nitrogen and oxygen atoms in total. The van der Waals surface area contributed by atoms with Gasteiger partial charge in [-0.2, -0.15) is 0 Å². The Hall–Kier alpha value is -0.870. The Labute approximate surface area is 59.8 Å². The number of hydrogen-bond donors (Lipinski definition) is 2. The third-order valence-electron chi connectivity index (χ3n) is 0.953. The second-order valence-electron chi connectivity index (χ2n) is 1.71. The lowest BCUT2D eigenvalue weighted by Crippen LogP contribution is -2.29. The lowest BCUT2D eigenvalue weighted by atomic mass is 10.3. The van der Waals surface area contributed by atoms with E-state index < -0.39 is 12.0 Å². The first-order chi connectivity index (χ1) is 4.72. The maximum Gasteiger partial charge on any atom is 0.326 e. The van der Waals surface area contributed by atoms with Crippen LogP contribution in [0.4, 0.5) is 0 Å². The van der Waals surface area contributed by atoms with Gasteiger partial charge in [-0.15, -0.1) is 0 Å². The van der Waals surface area contributed by atoms with Gasteiger partial charge in [-0.25, -0.2) is 0 Å². The number of rotatable bonds is 3. The molecule has 0 radical (unpaired) electrons. The Morgan fingerprint density at radius 3 is 2.80 bits per heavy atom. The summed E-state index contributed by atoms with van der Waals surface area (Å²) in [5.74, 6) is -0.454. The molecule has 0 aromatic heterocycles. The molecule has 0 heterocycles. The molecule has 1 atom stereocenters. The van der Waals surface area contributed by atoms with E-state index in [1.807, 2.05) is 0 Å². The molecular formula is C6H12N2O2. The number of hydrogen-bond acceptors (Lipinski definition) is 4. The first-order valence-electron chi connectivity index (χ1n) is 2.92. The molecule has 0 rings (SSSR count). The Morgan fingerprint density at radius 1 is 1.80 bits per heavy atom. The third kappa shape index (κ3) is 3.21. The minimum Gasteiger partial charge on any atom is -0.468 e. The number of nitrogens with two attached hydrogens (primary N) is 2. The van der Waals surface area contributed by atoms with E-state index in [0.29, 0.717) is 6.54 Å². The van der Waals surface area contributed by atoms with E-state index in [1.165, 1.54) is 13.2 Å². The summed E-state index contributed by atoms with van der Waals surface area (Å²) < 4.78 is 4.35. The summed E-state index contributed by atoms with van der Waals surface area (Å²) in [7, 11) is 1.29. The summed E-state index contributed by atoms with van der Waals surface area (Å²) in [6.45, 7) is 0.380. The molecule has 0 aliphatic carbocycles. The van der Waals surface area contributed by atoms with Gasteiger partial charge in [-0.3, -0.25) is 4.79 Å². The molecule has 0 amide bonds. The van der Waals surface area contributed by atoms with E-state index in [0.717, 1.165) is 0 Å². The van der Waals surface area contributed by atoms with Gasteiger partial charge in [0.1, 0.15) is 6.04 Å². The highest BCUT2D eigenvalue weighted by atomic mass is 16.5. The molecule has 0 fully saturated rings. The fourth-order valence-electron chi connectivity index (χ4n) is 0.440. The van der Waals surface area contributed by atoms with E-state index in [1.54, 1.807) is 6.08 Å². The number of esters is 1. The fraction of sp³-hybridized carbons (Fsp3) is 0.500. The molecule has 10 heavy (non-hydrogen) atoms. The van der Waals surface area contributed by atoms with Crippen molar-refractivity contribution in [3.8, 4) is 0 Å². The zero-order valence-electron chi connectivity index (χ0n) is 5.91. The van der Waals surface area contributed by atoms with Crippen molar-refractivity contribution < 1.29 is 9.53 Å². The van der Waals surface area contributed by atoms with E-state index in [4.69, 9.17) is 11.5 Å². The maximum absolute atomic E-state index is 10.6. The van der Waals surface area contributed by atoms with Crippen molar-refractivity contribution in [1.82, 2.24) is 0 Å². The van der Waals surface area contributed by atoms with E-state index in [2.05, 4.69) is 4.74 Å². The predicted octanol–water partition coefficient (Wildman–Crippen LogP) is -0.998. The smallest absolute Gasteiger partial charge is 0.326 e. The molecule has 4 N–H and O–H groups in total. The molecule has 0 aromatic rings. The van der Waals surface area contributed by atoms with Crippen LogP contribution in [0.5, 0.6) is 0 Å². The van der Waals surface area contributed by atoms with Gasteiger partial charge in [0.15, 0.2) is 0 Å². The minimum atomic E-state index is -0.687. The zero-order chi connectivity index (χ0) is 7.98. The highest BCUT2D eigenvalue weighted by Crippen LogP contribution is 1.84. The number of carbonyl (C=O) groups is 1. The molecular weight excluding hydrogens is 132 g/mol. The lowest BCUT2D eigenvalue weighted by molar-refractivity contribution is -0.140. The molecule has 0 aliphatic heterocycles. The van der Waals surface area contributed by atoms with E-state index in [9.17, 15) is 4.79 Å². The molecule has 4 heteroatoms. The van der Waals surface area contributed by atoms with Crippen LogP contribution in [0.15, 0.2) is 12.2 Å². The van der Waals surface area contributed by atoms with Crippen molar-refractivity contribution in [1.29, 1.82) is 0 Å². The van der Waals surface area contributed by atoms with Crippen LogP contribution in [0.3, 0.4) is 0 Å². The normalized spacial score (nSPS) is 13.5. The van der Waals surface area contributed by atoms with Crippen LogP contribution in [0, 0.1) is 0 Å². The Balaban J connectivity index is 3.72. The van der Waals surface area contributed by atoms with Crippen LogP contribution >= 0.6 is 0 Å². The number of carbonyl (C=O) groups excluding carboxylic acids is 1. The van der Waals surface area contributed by atoms with Crippen LogP contribution in [0.1, 0.15) is 0 Å². The third-order valence-corrected chi connectivity index (χ3v) is 0.953. The molecule has 0 spiro atoms. The summed E-state index contributed by atoms with van der Waals surface area (Å²) >= 11 is 0. The van der Waals surface area contributed by atoms with Gasteiger partial charge in [-0.05, 0) is 0 Å². The monoisotopic (exact) mass is 144 g/mol. The summed E-state index contributed by atoms with van der Waals surface area (Å²) in [6.07, 6.45) is 3.12. The molecule has 1 unspecified atom stereocenters. The average Bonchev–Trinajstić information content (AvgIpc) is 1.98. The first kappa shape index (κ1) is 9.13. The Bertz CT molecular complexity index is 134. The summed E-state index contributed by atoms with van der Waals surface area (Å²) in [6, 6.07) is -0.687. The van der Waals surface area contributed by atoms with Crippen LogP contribution in [-0.2, 0) is 9.53 Å².